The van der Waals surface area contributed by atoms with Crippen LogP contribution in [0, 0.1) is 5.92 Å². The lowest BCUT2D eigenvalue weighted by Gasteiger charge is -2.36. The maximum Gasteiger partial charge on any atom is 0.228 e. The van der Waals surface area contributed by atoms with Crippen molar-refractivity contribution in [3.8, 4) is 0 Å². The zero-order valence-corrected chi connectivity index (χ0v) is 14.3. The highest BCUT2D eigenvalue weighted by atomic mass is 35.5. The van der Waals surface area contributed by atoms with Gasteiger partial charge in [0.05, 0.1) is 10.9 Å². The molecule has 0 unspecified atom stereocenters. The number of nitrogens with zero attached hydrogens (tertiary/aromatic N) is 4. The summed E-state index contributed by atoms with van der Waals surface area (Å²) in [7, 11) is 0. The van der Waals surface area contributed by atoms with Gasteiger partial charge in [-0.2, -0.15) is 0 Å². The minimum Gasteiger partial charge on any atom is -0.353 e. The molecule has 6 nitrogen and oxygen atoms in total. The number of carbonyl (C=O) groups excluding carboxylic acids is 2. The molecule has 128 valence electrons. The van der Waals surface area contributed by atoms with Gasteiger partial charge in [-0.15, -0.1) is 0 Å². The lowest BCUT2D eigenvalue weighted by Crippen LogP contribution is -2.51. The number of carbonyl (C=O) groups is 2. The Bertz CT molecular complexity index is 638. The Balaban J connectivity index is 1.33. The lowest BCUT2D eigenvalue weighted by atomic mass is 10.1. The molecule has 2 aliphatic heterocycles. The molecule has 2 amide bonds. The second-order valence-corrected chi connectivity index (χ2v) is 7.26. The quantitative estimate of drug-likeness (QED) is 0.828. The van der Waals surface area contributed by atoms with Gasteiger partial charge in [0.2, 0.25) is 11.8 Å². The molecule has 0 spiro atoms. The predicted molar refractivity (Wildman–Crippen MR) is 90.9 cm³/mol. The molecule has 24 heavy (non-hydrogen) atoms. The average molecular weight is 349 g/mol. The topological polar surface area (TPSA) is 56.8 Å². The van der Waals surface area contributed by atoms with Crippen LogP contribution in [0.1, 0.15) is 19.3 Å². The van der Waals surface area contributed by atoms with Gasteiger partial charge in [-0.3, -0.25) is 9.59 Å². The maximum absolute atomic E-state index is 12.7. The van der Waals surface area contributed by atoms with Crippen molar-refractivity contribution in [2.45, 2.75) is 25.3 Å². The van der Waals surface area contributed by atoms with Gasteiger partial charge in [0.15, 0.2) is 0 Å². The lowest BCUT2D eigenvalue weighted by molar-refractivity contribution is -0.136. The van der Waals surface area contributed by atoms with Crippen LogP contribution in [0.2, 0.25) is 5.02 Å². The third-order valence-electron chi connectivity index (χ3n) is 5.12. The van der Waals surface area contributed by atoms with Crippen LogP contribution in [0.3, 0.4) is 0 Å². The first-order valence-corrected chi connectivity index (χ1v) is 8.94. The fraction of sp³-hybridized carbons (Fsp3) is 0.588. The molecule has 0 N–H and O–H groups in total. The van der Waals surface area contributed by atoms with Crippen LogP contribution in [-0.4, -0.2) is 65.4 Å². The first-order chi connectivity index (χ1) is 11.6. The second kappa shape index (κ2) is 6.24. The van der Waals surface area contributed by atoms with Gasteiger partial charge >= 0.3 is 0 Å². The summed E-state index contributed by atoms with van der Waals surface area (Å²) < 4.78 is 0. The summed E-state index contributed by atoms with van der Waals surface area (Å²) in [5.41, 5.74) is 0. The number of aromatic nitrogens is 1. The molecule has 1 atom stereocenters. The maximum atomic E-state index is 12.7. The Kier molecular flexibility index (Phi) is 4.08. The Labute approximate surface area is 146 Å². The molecule has 3 heterocycles. The van der Waals surface area contributed by atoms with Gasteiger partial charge < -0.3 is 14.7 Å². The zero-order valence-electron chi connectivity index (χ0n) is 13.5. The molecule has 0 bridgehead atoms. The second-order valence-electron chi connectivity index (χ2n) is 6.83. The number of hydrogen-bond acceptors (Lipinski definition) is 4. The van der Waals surface area contributed by atoms with E-state index >= 15 is 0 Å². The molecule has 3 fully saturated rings. The van der Waals surface area contributed by atoms with E-state index in [2.05, 4.69) is 9.88 Å². The van der Waals surface area contributed by atoms with Crippen LogP contribution >= 0.6 is 11.6 Å². The largest absolute Gasteiger partial charge is 0.353 e. The molecule has 0 aromatic carbocycles. The van der Waals surface area contributed by atoms with Gasteiger partial charge in [0.1, 0.15) is 5.82 Å². The Morgan fingerprint density at radius 1 is 1.17 bits per heavy atom. The molecule has 1 aromatic heterocycles. The number of pyridine rings is 1. The molecule has 2 saturated heterocycles. The molecule has 1 aliphatic carbocycles. The molecule has 1 saturated carbocycles. The first-order valence-electron chi connectivity index (χ1n) is 8.56. The van der Waals surface area contributed by atoms with Crippen molar-refractivity contribution >= 4 is 29.2 Å². The van der Waals surface area contributed by atoms with Crippen molar-refractivity contribution in [2.75, 3.05) is 37.6 Å². The van der Waals surface area contributed by atoms with E-state index in [-0.39, 0.29) is 17.7 Å². The van der Waals surface area contributed by atoms with Gasteiger partial charge in [-0.05, 0) is 25.0 Å². The van der Waals surface area contributed by atoms with E-state index in [9.17, 15) is 9.59 Å². The first kappa shape index (κ1) is 15.7. The molecule has 3 aliphatic rings. The predicted octanol–water partition coefficient (Wildman–Crippen LogP) is 1.39. The van der Waals surface area contributed by atoms with Crippen molar-refractivity contribution in [3.05, 3.63) is 23.4 Å². The van der Waals surface area contributed by atoms with Crippen LogP contribution in [0.5, 0.6) is 0 Å². The van der Waals surface area contributed by atoms with Crippen molar-refractivity contribution < 1.29 is 9.59 Å². The fourth-order valence-corrected chi connectivity index (χ4v) is 3.72. The van der Waals surface area contributed by atoms with Crippen LogP contribution < -0.4 is 4.90 Å². The molecule has 0 radical (unpaired) electrons. The van der Waals surface area contributed by atoms with Crippen LogP contribution in [0.15, 0.2) is 18.3 Å². The highest BCUT2D eigenvalue weighted by Crippen LogP contribution is 2.33. The monoisotopic (exact) mass is 348 g/mol. The van der Waals surface area contributed by atoms with Crippen molar-refractivity contribution in [1.29, 1.82) is 0 Å². The number of rotatable bonds is 3. The fourth-order valence-electron chi connectivity index (χ4n) is 3.61. The average Bonchev–Trinajstić information content (AvgIpc) is 3.37. The van der Waals surface area contributed by atoms with Crippen LogP contribution in [-0.2, 0) is 9.59 Å². The Hall–Kier alpha value is -1.82. The van der Waals surface area contributed by atoms with E-state index in [4.69, 9.17) is 11.6 Å². The Morgan fingerprint density at radius 2 is 1.92 bits per heavy atom. The molecular weight excluding hydrogens is 328 g/mol. The van der Waals surface area contributed by atoms with Gasteiger partial charge in [-0.1, -0.05) is 11.6 Å². The summed E-state index contributed by atoms with van der Waals surface area (Å²) in [5.74, 6) is 1.02. The molecule has 1 aromatic rings. The zero-order chi connectivity index (χ0) is 16.7. The third kappa shape index (κ3) is 3.07. The van der Waals surface area contributed by atoms with Crippen LogP contribution in [0.4, 0.5) is 5.82 Å². The summed E-state index contributed by atoms with van der Waals surface area (Å²) in [5, 5.41) is 0.624. The molecule has 4 rings (SSSR count). The number of likely N-dealkylation sites (tertiary alicyclic amines) is 1. The highest BCUT2D eigenvalue weighted by Gasteiger charge is 2.43. The van der Waals surface area contributed by atoms with E-state index in [0.717, 1.165) is 31.7 Å². The van der Waals surface area contributed by atoms with E-state index < -0.39 is 0 Å². The highest BCUT2D eigenvalue weighted by molar-refractivity contribution is 6.30. The van der Waals surface area contributed by atoms with Crippen molar-refractivity contribution in [1.82, 2.24) is 14.8 Å². The standard InChI is InChI=1S/C17H21ClN4O2/c18-13-1-4-15(19-10-13)20-5-7-21(8-6-20)17(24)12-9-16(23)22(11-12)14-2-3-14/h1,4,10,12,14H,2-3,5-9,11H2/t12-/m1/s1. The molecule has 7 heteroatoms. The molecular formula is C17H21ClN4O2. The van der Waals surface area contributed by atoms with Crippen molar-refractivity contribution in [2.24, 2.45) is 5.92 Å². The number of halogens is 1. The third-order valence-corrected chi connectivity index (χ3v) is 5.35. The summed E-state index contributed by atoms with van der Waals surface area (Å²) in [6, 6.07) is 4.14. The summed E-state index contributed by atoms with van der Waals surface area (Å²) in [6.07, 6.45) is 4.22. The SMILES string of the molecule is O=C([C@@H]1CC(=O)N(C2CC2)C1)N1CCN(c2ccc(Cl)cn2)CC1. The number of amides is 2. The summed E-state index contributed by atoms with van der Waals surface area (Å²) in [6.45, 7) is 3.48. The van der Waals surface area contributed by atoms with E-state index in [0.29, 0.717) is 37.1 Å². The minimum absolute atomic E-state index is 0.134. The van der Waals surface area contributed by atoms with Gasteiger partial charge in [0, 0.05) is 51.4 Å². The normalized spacial score (nSPS) is 24.6. The van der Waals surface area contributed by atoms with E-state index in [1.54, 1.807) is 6.20 Å². The minimum atomic E-state index is -0.154. The van der Waals surface area contributed by atoms with Crippen LogP contribution in [0.25, 0.3) is 0 Å². The van der Waals surface area contributed by atoms with E-state index in [1.807, 2.05) is 21.9 Å². The summed E-state index contributed by atoms with van der Waals surface area (Å²) in [4.78, 5) is 35.1. The van der Waals surface area contributed by atoms with Gasteiger partial charge in [0.25, 0.3) is 0 Å². The number of piperazine rings is 1. The van der Waals surface area contributed by atoms with E-state index in [1.165, 1.54) is 0 Å². The smallest absolute Gasteiger partial charge is 0.228 e. The number of anilines is 1. The van der Waals surface area contributed by atoms with Gasteiger partial charge in [-0.25, -0.2) is 4.98 Å². The van der Waals surface area contributed by atoms with Crippen molar-refractivity contribution in [3.63, 3.8) is 0 Å². The number of hydrogen-bond donors (Lipinski definition) is 0. The summed E-state index contributed by atoms with van der Waals surface area (Å²) >= 11 is 5.87. The Morgan fingerprint density at radius 3 is 2.54 bits per heavy atom.